The largest absolute Gasteiger partial charge is 0.631 e. The zero-order chi connectivity index (χ0) is 3.58. The standard InChI is InChI=1S/BH3O3.5H3P/c2-1(3)4;;;;;/h2-4H;5*1H3. The number of hydrogen-bond acceptors (Lipinski definition) is 3. The van der Waals surface area contributed by atoms with E-state index in [0.29, 0.717) is 0 Å². The zero-order valence-electron chi connectivity index (χ0n) is 5.45. The monoisotopic (exact) mass is 232 g/mol. The average molecular weight is 232 g/mol. The first-order chi connectivity index (χ1) is 1.73. The van der Waals surface area contributed by atoms with E-state index in [-0.39, 0.29) is 49.5 Å². The molecule has 0 saturated heterocycles. The molecule has 3 nitrogen and oxygen atoms in total. The summed E-state index contributed by atoms with van der Waals surface area (Å²) in [6.45, 7) is 0. The molecule has 0 aromatic carbocycles. The predicted octanol–water partition coefficient (Wildman–Crippen LogP) is -1.76. The van der Waals surface area contributed by atoms with Crippen molar-refractivity contribution in [1.29, 1.82) is 0 Å². The quantitative estimate of drug-likeness (QED) is 0.342. The van der Waals surface area contributed by atoms with Crippen molar-refractivity contribution in [1.82, 2.24) is 0 Å². The van der Waals surface area contributed by atoms with Crippen molar-refractivity contribution in [3.8, 4) is 0 Å². The molecule has 0 rings (SSSR count). The van der Waals surface area contributed by atoms with Crippen molar-refractivity contribution in [2.24, 2.45) is 0 Å². The van der Waals surface area contributed by atoms with Gasteiger partial charge in [-0.1, -0.05) is 0 Å². The molecular weight excluding hydrogens is 214 g/mol. The summed E-state index contributed by atoms with van der Waals surface area (Å²) in [7, 11) is -2.17. The van der Waals surface area contributed by atoms with Gasteiger partial charge in [0.15, 0.2) is 0 Å². The van der Waals surface area contributed by atoms with Gasteiger partial charge in [0.2, 0.25) is 0 Å². The van der Waals surface area contributed by atoms with Crippen molar-refractivity contribution in [3.63, 3.8) is 0 Å². The highest BCUT2D eigenvalue weighted by atomic mass is 31.0. The maximum atomic E-state index is 7.17. The van der Waals surface area contributed by atoms with E-state index in [1.165, 1.54) is 0 Å². The third-order valence-electron chi connectivity index (χ3n) is 0. The second-order valence-corrected chi connectivity index (χ2v) is 0.346. The maximum absolute atomic E-state index is 7.17. The normalized spacial score (nSPS) is 3.00. The Hall–Kier alpha value is 2.09. The van der Waals surface area contributed by atoms with Gasteiger partial charge in [-0.2, -0.15) is 49.5 Å². The fourth-order valence-corrected chi connectivity index (χ4v) is 0. The lowest BCUT2D eigenvalue weighted by atomic mass is 10.3. The summed E-state index contributed by atoms with van der Waals surface area (Å²) in [4.78, 5) is 0. The van der Waals surface area contributed by atoms with Crippen LogP contribution in [0.15, 0.2) is 0 Å². The minimum Gasteiger partial charge on any atom is -0.402 e. The van der Waals surface area contributed by atoms with Crippen LogP contribution in [0.4, 0.5) is 0 Å². The lowest BCUT2D eigenvalue weighted by Crippen LogP contribution is -2.07. The van der Waals surface area contributed by atoms with Gasteiger partial charge in [0.25, 0.3) is 0 Å². The van der Waals surface area contributed by atoms with E-state index in [2.05, 4.69) is 0 Å². The summed E-state index contributed by atoms with van der Waals surface area (Å²) in [6.07, 6.45) is 0. The number of hydrogen-bond donors (Lipinski definition) is 3. The van der Waals surface area contributed by atoms with Crippen LogP contribution in [0.25, 0.3) is 0 Å². The molecule has 9 heteroatoms. The van der Waals surface area contributed by atoms with E-state index < -0.39 is 7.32 Å². The molecule has 5 unspecified atom stereocenters. The predicted molar refractivity (Wildman–Crippen MR) is 67.9 cm³/mol. The molecule has 5 atom stereocenters. The third kappa shape index (κ3) is 151. The summed E-state index contributed by atoms with van der Waals surface area (Å²) in [5.41, 5.74) is 0. The van der Waals surface area contributed by atoms with Gasteiger partial charge in [0.1, 0.15) is 0 Å². The molecule has 0 spiro atoms. The van der Waals surface area contributed by atoms with Crippen molar-refractivity contribution in [2.45, 2.75) is 0 Å². The minimum absolute atomic E-state index is 0. The molecule has 0 aliphatic rings. The fraction of sp³-hybridized carbons (Fsp3) is 0. The molecule has 0 heterocycles. The van der Waals surface area contributed by atoms with E-state index >= 15 is 0 Å². The maximum Gasteiger partial charge on any atom is 0.631 e. The highest BCUT2D eigenvalue weighted by Crippen LogP contribution is 1.40. The summed E-state index contributed by atoms with van der Waals surface area (Å²) in [6, 6.07) is 0. The lowest BCUT2D eigenvalue weighted by Gasteiger charge is -1.69. The Morgan fingerprint density at radius 3 is 0.556 bits per heavy atom. The summed E-state index contributed by atoms with van der Waals surface area (Å²) >= 11 is 0. The van der Waals surface area contributed by atoms with Crippen LogP contribution in [0.2, 0.25) is 0 Å². The van der Waals surface area contributed by atoms with Crippen LogP contribution in [0.5, 0.6) is 0 Å². The Morgan fingerprint density at radius 2 is 0.556 bits per heavy atom. The van der Waals surface area contributed by atoms with Gasteiger partial charge in [-0.05, 0) is 0 Å². The van der Waals surface area contributed by atoms with Crippen LogP contribution in [-0.2, 0) is 0 Å². The lowest BCUT2D eigenvalue weighted by molar-refractivity contribution is 0.278. The molecule has 0 saturated carbocycles. The Labute approximate surface area is 72.4 Å². The molecule has 0 amide bonds. The van der Waals surface area contributed by atoms with E-state index in [1.54, 1.807) is 0 Å². The van der Waals surface area contributed by atoms with E-state index in [4.69, 9.17) is 15.1 Å². The molecule has 9 heavy (non-hydrogen) atoms. The van der Waals surface area contributed by atoms with Gasteiger partial charge in [0, 0.05) is 0 Å². The van der Waals surface area contributed by atoms with Crippen molar-refractivity contribution in [2.75, 3.05) is 0 Å². The third-order valence-corrected chi connectivity index (χ3v) is 0. The smallest absolute Gasteiger partial charge is 0.402 e. The van der Waals surface area contributed by atoms with Gasteiger partial charge in [-0.3, -0.25) is 0 Å². The van der Waals surface area contributed by atoms with Crippen LogP contribution in [0.3, 0.4) is 0 Å². The van der Waals surface area contributed by atoms with Crippen molar-refractivity contribution >= 4 is 56.8 Å². The molecule has 0 aromatic heterocycles. The van der Waals surface area contributed by atoms with Crippen LogP contribution < -0.4 is 0 Å². The second-order valence-electron chi connectivity index (χ2n) is 0.346. The molecular formula is H18BO3P5. The van der Waals surface area contributed by atoms with Crippen LogP contribution in [0, 0.1) is 0 Å². The summed E-state index contributed by atoms with van der Waals surface area (Å²) in [5, 5.41) is 21.5. The Morgan fingerprint density at radius 1 is 0.556 bits per heavy atom. The summed E-state index contributed by atoms with van der Waals surface area (Å²) < 4.78 is 0. The molecule has 64 valence electrons. The van der Waals surface area contributed by atoms with Gasteiger partial charge < -0.3 is 15.1 Å². The van der Waals surface area contributed by atoms with Gasteiger partial charge in [-0.25, -0.2) is 0 Å². The first kappa shape index (κ1) is 43.6. The van der Waals surface area contributed by atoms with Crippen molar-refractivity contribution < 1.29 is 15.1 Å². The average Bonchev–Trinajstić information content (AvgIpc) is 0.811. The zero-order valence-corrected chi connectivity index (χ0v) is 12.5. The van der Waals surface area contributed by atoms with E-state index in [0.717, 1.165) is 0 Å². The Bertz CT molecular complexity index is 16.9. The minimum atomic E-state index is -2.17. The molecule has 0 bridgehead atoms. The molecule has 0 aliphatic heterocycles. The molecule has 0 radical (unpaired) electrons. The van der Waals surface area contributed by atoms with Gasteiger partial charge >= 0.3 is 7.32 Å². The van der Waals surface area contributed by atoms with Crippen LogP contribution in [-0.4, -0.2) is 22.4 Å². The van der Waals surface area contributed by atoms with Gasteiger partial charge in [-0.15, -0.1) is 0 Å². The molecule has 3 N–H and O–H groups in total. The Balaban J connectivity index is -0.00000000450. The van der Waals surface area contributed by atoms with Crippen LogP contribution >= 0.6 is 49.5 Å². The summed E-state index contributed by atoms with van der Waals surface area (Å²) in [5.74, 6) is 0. The van der Waals surface area contributed by atoms with E-state index in [1.807, 2.05) is 0 Å². The second kappa shape index (κ2) is 32.2. The highest BCUT2D eigenvalue weighted by molar-refractivity contribution is 6.92. The van der Waals surface area contributed by atoms with Gasteiger partial charge in [0.05, 0.1) is 0 Å². The SMILES string of the molecule is OB(O)O.P.P.P.P.P. The Kier molecular flexibility index (Phi) is 156. The number of rotatable bonds is 0. The topological polar surface area (TPSA) is 60.7 Å². The first-order valence-corrected chi connectivity index (χ1v) is 0.775. The molecule has 0 fully saturated rings. The highest BCUT2D eigenvalue weighted by Gasteiger charge is 1.92. The fourth-order valence-electron chi connectivity index (χ4n) is 0. The van der Waals surface area contributed by atoms with Crippen molar-refractivity contribution in [3.05, 3.63) is 0 Å². The van der Waals surface area contributed by atoms with E-state index in [9.17, 15) is 0 Å². The molecule has 0 aromatic rings. The van der Waals surface area contributed by atoms with Crippen LogP contribution in [0.1, 0.15) is 0 Å². The first-order valence-electron chi connectivity index (χ1n) is 0.775. The molecule has 0 aliphatic carbocycles.